The van der Waals surface area contributed by atoms with Crippen LogP contribution in [0, 0.1) is 4.91 Å². The van der Waals surface area contributed by atoms with E-state index in [4.69, 9.17) is 0 Å². The fourth-order valence-electron chi connectivity index (χ4n) is 0.175. The second-order valence-electron chi connectivity index (χ2n) is 1.13. The molecule has 8 heavy (non-hydrogen) atoms. The topological polar surface area (TPSA) is 41.3 Å². The predicted octanol–water partition coefficient (Wildman–Crippen LogP) is 0.266. The van der Waals surface area contributed by atoms with Gasteiger partial charge in [0.2, 0.25) is 7.05 Å². The van der Waals surface area contributed by atoms with Crippen molar-refractivity contribution in [3.63, 3.8) is 0 Å². The Kier molecular flexibility index (Phi) is 5.29. The van der Waals surface area contributed by atoms with Crippen molar-refractivity contribution in [2.24, 2.45) is 0 Å². The van der Waals surface area contributed by atoms with Gasteiger partial charge in [0.1, 0.15) is 4.87 Å². The molecule has 0 radical (unpaired) electrons. The molecule has 0 spiro atoms. The lowest BCUT2D eigenvalue weighted by molar-refractivity contribution is -0.636. The van der Waals surface area contributed by atoms with E-state index in [1.54, 1.807) is 0 Å². The fourth-order valence-corrected chi connectivity index (χ4v) is 0.395. The molecule has 0 amide bonds. The van der Waals surface area contributed by atoms with E-state index in [1.165, 1.54) is 7.05 Å². The molecule has 0 atom stereocenters. The number of hydrogen-bond acceptors (Lipinski definition) is 2. The molecule has 4 nitrogen and oxygen atoms in total. The summed E-state index contributed by atoms with van der Waals surface area (Å²) in [5.74, 6) is 0. The van der Waals surface area contributed by atoms with Crippen molar-refractivity contribution in [3.8, 4) is 0 Å². The van der Waals surface area contributed by atoms with Crippen molar-refractivity contribution >= 4 is 22.6 Å². The molecular weight excluding hydrogens is 223 g/mol. The van der Waals surface area contributed by atoms with Crippen LogP contribution in [-0.4, -0.2) is 23.0 Å². The Morgan fingerprint density at radius 2 is 2.50 bits per heavy atom. The number of nitrogens with one attached hydrogen (secondary N) is 1. The van der Waals surface area contributed by atoms with Crippen molar-refractivity contribution in [3.05, 3.63) is 4.91 Å². The van der Waals surface area contributed by atoms with Crippen LogP contribution < -0.4 is 5.59 Å². The quantitative estimate of drug-likeness (QED) is 0.248. The number of nitrogens with zero attached hydrogens (tertiary/aromatic N) is 1. The Hall–Kier alpha value is 0.0900. The van der Waals surface area contributed by atoms with Crippen LogP contribution in [0.5, 0.6) is 0 Å². The molecule has 0 fully saturated rings. The van der Waals surface area contributed by atoms with E-state index in [1.807, 2.05) is 0 Å². The fraction of sp³-hybridized carbons (Fsp3) is 1.00. The van der Waals surface area contributed by atoms with E-state index in [2.05, 4.69) is 33.0 Å². The van der Waals surface area contributed by atoms with Gasteiger partial charge in [-0.3, -0.25) is 0 Å². The van der Waals surface area contributed by atoms with Gasteiger partial charge in [0.25, 0.3) is 0 Å². The predicted molar refractivity (Wildman–Crippen MR) is 37.5 cm³/mol. The maximum Gasteiger partial charge on any atom is 0.218 e. The average molecular weight is 231 g/mol. The van der Waals surface area contributed by atoms with Crippen molar-refractivity contribution in [1.29, 1.82) is 0 Å². The third-order valence-corrected chi connectivity index (χ3v) is 0.813. The average Bonchev–Trinajstić information content (AvgIpc) is 1.66. The van der Waals surface area contributed by atoms with Crippen LogP contribution in [0.1, 0.15) is 0 Å². The highest BCUT2D eigenvalue weighted by molar-refractivity contribution is 14.1. The molecule has 0 aliphatic carbocycles. The van der Waals surface area contributed by atoms with E-state index in [-0.39, 0.29) is 0 Å². The van der Waals surface area contributed by atoms with Crippen LogP contribution in [0.4, 0.5) is 0 Å². The first-order valence-electron chi connectivity index (χ1n) is 2.11. The molecule has 0 aromatic rings. The summed E-state index contributed by atoms with van der Waals surface area (Å²) in [6.45, 7) is 0.549. The van der Waals surface area contributed by atoms with E-state index in [0.29, 0.717) is 11.5 Å². The Morgan fingerprint density at radius 3 is 2.88 bits per heavy atom. The van der Waals surface area contributed by atoms with Gasteiger partial charge >= 0.3 is 0 Å². The smallest absolute Gasteiger partial charge is 0.218 e. The molecule has 0 saturated carbocycles. The highest BCUT2D eigenvalue weighted by atomic mass is 127. The zero-order valence-electron chi connectivity index (χ0n) is 4.56. The van der Waals surface area contributed by atoms with Crippen molar-refractivity contribution < 1.29 is 9.71 Å². The highest BCUT2D eigenvalue weighted by Crippen LogP contribution is 1.77. The Bertz CT molecular complexity index is 77.7. The van der Waals surface area contributed by atoms with Gasteiger partial charge in [0, 0.05) is 4.43 Å². The van der Waals surface area contributed by atoms with Crippen molar-refractivity contribution in [1.82, 2.24) is 5.59 Å². The first-order valence-corrected chi connectivity index (χ1v) is 3.64. The normalized spacial score (nSPS) is 8.75. The molecule has 1 N–H and O–H groups in total. The molecule has 0 rings (SSSR count). The minimum absolute atomic E-state index is 0.506. The zero-order chi connectivity index (χ0) is 6.41. The Labute approximate surface area is 61.2 Å². The maximum absolute atomic E-state index is 10.00. The van der Waals surface area contributed by atoms with Gasteiger partial charge in [-0.15, -0.1) is 0 Å². The zero-order valence-corrected chi connectivity index (χ0v) is 6.71. The summed E-state index contributed by atoms with van der Waals surface area (Å²) in [6.07, 6.45) is 0. The molecule has 0 aliphatic heterocycles. The van der Waals surface area contributed by atoms with Gasteiger partial charge in [-0.1, -0.05) is 22.6 Å². The summed E-state index contributed by atoms with van der Waals surface area (Å²) in [7, 11) is 1.33. The molecule has 48 valence electrons. The highest BCUT2D eigenvalue weighted by Gasteiger charge is 1.91. The lowest BCUT2D eigenvalue weighted by Crippen LogP contribution is -2.23. The summed E-state index contributed by atoms with van der Waals surface area (Å²) in [4.78, 5) is 15.1. The molecule has 0 aromatic heterocycles. The summed E-state index contributed by atoms with van der Waals surface area (Å²) in [5, 5.41) is 0. The molecule has 0 unspecified atom stereocenters. The number of halogens is 1. The Balaban J connectivity index is 2.82. The third kappa shape index (κ3) is 6.09. The standard InChI is InChI=1S/C3H8IN2O2/c1-6(7)5-8-3-2-4/h2-3H2,1H3,(H,5,7)/q+1. The molecule has 0 bridgehead atoms. The van der Waals surface area contributed by atoms with Crippen LogP contribution in [0.25, 0.3) is 0 Å². The maximum atomic E-state index is 10.00. The lowest BCUT2D eigenvalue weighted by atomic mass is 10.9. The van der Waals surface area contributed by atoms with Crippen LogP contribution in [-0.2, 0) is 4.84 Å². The second-order valence-corrected chi connectivity index (χ2v) is 2.20. The van der Waals surface area contributed by atoms with E-state index in [0.717, 1.165) is 4.43 Å². The van der Waals surface area contributed by atoms with Gasteiger partial charge in [0.15, 0.2) is 0 Å². The molecule has 0 saturated heterocycles. The summed E-state index contributed by atoms with van der Waals surface area (Å²) >= 11 is 2.15. The van der Waals surface area contributed by atoms with E-state index < -0.39 is 0 Å². The number of rotatable bonds is 4. The largest absolute Gasteiger partial charge is 0.224 e. The van der Waals surface area contributed by atoms with Gasteiger partial charge < -0.3 is 0 Å². The van der Waals surface area contributed by atoms with Crippen molar-refractivity contribution in [2.45, 2.75) is 0 Å². The van der Waals surface area contributed by atoms with Crippen molar-refractivity contribution in [2.75, 3.05) is 18.1 Å². The van der Waals surface area contributed by atoms with Gasteiger partial charge in [-0.25, -0.2) is 4.84 Å². The van der Waals surface area contributed by atoms with Gasteiger partial charge in [-0.05, 0) is 5.59 Å². The third-order valence-electron chi connectivity index (χ3n) is 0.372. The van der Waals surface area contributed by atoms with Gasteiger partial charge in [-0.2, -0.15) is 0 Å². The van der Waals surface area contributed by atoms with Crippen LogP contribution in [0.2, 0.25) is 0 Å². The number of nitroso groups, excluding NO2 is 1. The monoisotopic (exact) mass is 231 g/mol. The summed E-state index contributed by atoms with van der Waals surface area (Å²) < 4.78 is 0.874. The van der Waals surface area contributed by atoms with Crippen LogP contribution in [0.3, 0.4) is 0 Å². The first kappa shape index (κ1) is 8.09. The molecule has 5 heteroatoms. The number of alkyl halides is 1. The molecule has 0 aliphatic rings. The van der Waals surface area contributed by atoms with E-state index >= 15 is 0 Å². The summed E-state index contributed by atoms with van der Waals surface area (Å²) in [5.41, 5.74) is 2.12. The summed E-state index contributed by atoms with van der Waals surface area (Å²) in [6, 6.07) is 0. The lowest BCUT2D eigenvalue weighted by Gasteiger charge is -1.90. The number of hydrazine groups is 1. The molecular formula is C3H8IN2O2+. The van der Waals surface area contributed by atoms with Crippen LogP contribution in [0.15, 0.2) is 0 Å². The first-order chi connectivity index (χ1) is 3.77. The Morgan fingerprint density at radius 1 is 1.88 bits per heavy atom. The minimum Gasteiger partial charge on any atom is -0.224 e. The molecule has 0 heterocycles. The van der Waals surface area contributed by atoms with Gasteiger partial charge in [0.05, 0.1) is 11.5 Å². The molecule has 0 aromatic carbocycles. The minimum atomic E-state index is 0.506. The number of hydrogen-bond donors (Lipinski definition) is 1. The van der Waals surface area contributed by atoms with E-state index in [9.17, 15) is 4.91 Å². The SMILES string of the molecule is C[N+](=O)NOCCI. The second kappa shape index (κ2) is 5.23. The van der Waals surface area contributed by atoms with Crippen LogP contribution >= 0.6 is 22.6 Å².